The Bertz CT molecular complexity index is 946. The van der Waals surface area contributed by atoms with Gasteiger partial charge in [-0.25, -0.2) is 4.79 Å². The number of hydrogen-bond donors (Lipinski definition) is 2. The number of carbonyl (C=O) groups excluding carboxylic acids is 3. The van der Waals surface area contributed by atoms with Crippen LogP contribution in [-0.4, -0.2) is 45.4 Å². The number of carbonyl (C=O) groups is 3. The largest absolute Gasteiger partial charge is 0.465 e. The molecular weight excluding hydrogens is 414 g/mol. The standard InChI is InChI=1S/C18H23N5O4S2/c1-9-12(17(26)27-3)16(29-13(9)14(19)25)20-11(24)8-28-18-22-21-15(23(18)2)10-6-4-5-7-10/h10H,4-8H2,1-3H3,(H2,19,25)(H,20,24). The summed E-state index contributed by atoms with van der Waals surface area (Å²) in [6, 6.07) is 0. The van der Waals surface area contributed by atoms with Gasteiger partial charge in [-0.3, -0.25) is 9.59 Å². The Kier molecular flexibility index (Phi) is 6.58. The Balaban J connectivity index is 1.69. The lowest BCUT2D eigenvalue weighted by molar-refractivity contribution is -0.113. The molecule has 3 rings (SSSR count). The second-order valence-electron chi connectivity index (χ2n) is 6.83. The quantitative estimate of drug-likeness (QED) is 0.503. The molecule has 0 spiro atoms. The molecule has 0 atom stereocenters. The molecule has 156 valence electrons. The molecular formula is C18H23N5O4S2. The molecule has 2 aromatic heterocycles. The molecule has 1 aliphatic rings. The van der Waals surface area contributed by atoms with E-state index in [0.29, 0.717) is 16.6 Å². The maximum absolute atomic E-state index is 12.5. The van der Waals surface area contributed by atoms with Crippen LogP contribution in [0.5, 0.6) is 0 Å². The summed E-state index contributed by atoms with van der Waals surface area (Å²) in [6.45, 7) is 1.59. The van der Waals surface area contributed by atoms with Crippen LogP contribution in [0.3, 0.4) is 0 Å². The Morgan fingerprint density at radius 2 is 2.00 bits per heavy atom. The fourth-order valence-corrected chi connectivity index (χ4v) is 5.25. The van der Waals surface area contributed by atoms with Crippen molar-refractivity contribution in [3.05, 3.63) is 21.8 Å². The Morgan fingerprint density at radius 1 is 1.31 bits per heavy atom. The number of hydrogen-bond acceptors (Lipinski definition) is 8. The predicted octanol–water partition coefficient (Wildman–Crippen LogP) is 2.46. The van der Waals surface area contributed by atoms with Crippen molar-refractivity contribution in [3.8, 4) is 0 Å². The number of primary amides is 1. The Labute approximate surface area is 176 Å². The van der Waals surface area contributed by atoms with E-state index in [2.05, 4.69) is 15.5 Å². The molecule has 3 N–H and O–H groups in total. The van der Waals surface area contributed by atoms with Crippen molar-refractivity contribution < 1.29 is 19.1 Å². The first-order valence-electron chi connectivity index (χ1n) is 9.16. The molecule has 2 aromatic rings. The highest BCUT2D eigenvalue weighted by Crippen LogP contribution is 2.35. The smallest absolute Gasteiger partial charge is 0.341 e. The number of thioether (sulfide) groups is 1. The number of thiophene rings is 1. The number of methoxy groups -OCH3 is 1. The molecule has 1 saturated carbocycles. The van der Waals surface area contributed by atoms with Gasteiger partial charge in [-0.2, -0.15) is 0 Å². The number of nitrogens with one attached hydrogen (secondary N) is 1. The predicted molar refractivity (Wildman–Crippen MR) is 110 cm³/mol. The van der Waals surface area contributed by atoms with Gasteiger partial charge in [0.05, 0.1) is 23.3 Å². The molecule has 0 saturated heterocycles. The number of nitrogens with two attached hydrogens (primary N) is 1. The lowest BCUT2D eigenvalue weighted by atomic mass is 10.1. The van der Waals surface area contributed by atoms with Crippen molar-refractivity contribution in [2.75, 3.05) is 18.2 Å². The Morgan fingerprint density at radius 3 is 2.62 bits per heavy atom. The highest BCUT2D eigenvalue weighted by molar-refractivity contribution is 7.99. The van der Waals surface area contributed by atoms with Gasteiger partial charge in [0.2, 0.25) is 5.91 Å². The zero-order valence-corrected chi connectivity index (χ0v) is 18.1. The second kappa shape index (κ2) is 8.95. The number of esters is 1. The van der Waals surface area contributed by atoms with Crippen molar-refractivity contribution in [1.82, 2.24) is 14.8 Å². The molecule has 0 aromatic carbocycles. The monoisotopic (exact) mass is 437 g/mol. The van der Waals surface area contributed by atoms with Crippen LogP contribution in [0.2, 0.25) is 0 Å². The first-order chi connectivity index (χ1) is 13.8. The fraction of sp³-hybridized carbons (Fsp3) is 0.500. The molecule has 29 heavy (non-hydrogen) atoms. The normalized spacial score (nSPS) is 14.2. The highest BCUT2D eigenvalue weighted by Gasteiger charge is 2.26. The summed E-state index contributed by atoms with van der Waals surface area (Å²) >= 11 is 2.23. The summed E-state index contributed by atoms with van der Waals surface area (Å²) in [7, 11) is 3.14. The van der Waals surface area contributed by atoms with E-state index in [1.807, 2.05) is 11.6 Å². The minimum atomic E-state index is -0.661. The van der Waals surface area contributed by atoms with Gasteiger partial charge in [0, 0.05) is 13.0 Å². The summed E-state index contributed by atoms with van der Waals surface area (Å²) in [5, 5.41) is 12.1. The maximum Gasteiger partial charge on any atom is 0.341 e. The van der Waals surface area contributed by atoms with E-state index in [1.165, 1.54) is 31.7 Å². The van der Waals surface area contributed by atoms with Crippen molar-refractivity contribution in [2.24, 2.45) is 12.8 Å². The topological polar surface area (TPSA) is 129 Å². The zero-order chi connectivity index (χ0) is 21.1. The van der Waals surface area contributed by atoms with E-state index in [9.17, 15) is 14.4 Å². The minimum Gasteiger partial charge on any atom is -0.465 e. The number of ether oxygens (including phenoxy) is 1. The molecule has 2 heterocycles. The average molecular weight is 438 g/mol. The van der Waals surface area contributed by atoms with Crippen LogP contribution in [0.4, 0.5) is 5.00 Å². The number of amides is 2. The van der Waals surface area contributed by atoms with Crippen LogP contribution in [-0.2, 0) is 16.6 Å². The summed E-state index contributed by atoms with van der Waals surface area (Å²) < 4.78 is 6.71. The van der Waals surface area contributed by atoms with E-state index in [-0.39, 0.29) is 27.1 Å². The van der Waals surface area contributed by atoms with Gasteiger partial charge < -0.3 is 20.4 Å². The highest BCUT2D eigenvalue weighted by atomic mass is 32.2. The third-order valence-corrected chi connectivity index (χ3v) is 7.18. The van der Waals surface area contributed by atoms with Crippen LogP contribution in [0.15, 0.2) is 5.16 Å². The van der Waals surface area contributed by atoms with Crippen LogP contribution < -0.4 is 11.1 Å². The number of rotatable bonds is 7. The molecule has 0 bridgehead atoms. The minimum absolute atomic E-state index is 0.0834. The molecule has 1 aliphatic carbocycles. The van der Waals surface area contributed by atoms with Crippen LogP contribution >= 0.6 is 23.1 Å². The zero-order valence-electron chi connectivity index (χ0n) is 16.5. The van der Waals surface area contributed by atoms with Gasteiger partial charge in [0.25, 0.3) is 5.91 Å². The van der Waals surface area contributed by atoms with Crippen molar-refractivity contribution in [3.63, 3.8) is 0 Å². The van der Waals surface area contributed by atoms with E-state index in [0.717, 1.165) is 30.0 Å². The summed E-state index contributed by atoms with van der Waals surface area (Å²) in [5.41, 5.74) is 5.90. The maximum atomic E-state index is 12.5. The number of anilines is 1. The number of nitrogens with zero attached hydrogens (tertiary/aromatic N) is 3. The van der Waals surface area contributed by atoms with Gasteiger partial charge in [-0.05, 0) is 25.3 Å². The SMILES string of the molecule is COC(=O)c1c(NC(=O)CSc2nnc(C3CCCC3)n2C)sc(C(N)=O)c1C. The molecule has 1 fully saturated rings. The molecule has 9 nitrogen and oxygen atoms in total. The fourth-order valence-electron chi connectivity index (χ4n) is 3.47. The van der Waals surface area contributed by atoms with Crippen LogP contribution in [0.25, 0.3) is 0 Å². The van der Waals surface area contributed by atoms with Gasteiger partial charge in [0.15, 0.2) is 5.16 Å². The molecule has 0 radical (unpaired) electrons. The lowest BCUT2D eigenvalue weighted by Crippen LogP contribution is -2.16. The molecule has 0 aliphatic heterocycles. The first-order valence-corrected chi connectivity index (χ1v) is 11.0. The third kappa shape index (κ3) is 4.45. The van der Waals surface area contributed by atoms with Gasteiger partial charge >= 0.3 is 5.97 Å². The second-order valence-corrected chi connectivity index (χ2v) is 8.80. The van der Waals surface area contributed by atoms with Crippen molar-refractivity contribution >= 4 is 45.9 Å². The molecule has 0 unspecified atom stereocenters. The van der Waals surface area contributed by atoms with Gasteiger partial charge in [-0.1, -0.05) is 24.6 Å². The average Bonchev–Trinajstić information content (AvgIpc) is 3.39. The first kappa shape index (κ1) is 21.3. The van der Waals surface area contributed by atoms with E-state index in [1.54, 1.807) is 6.92 Å². The number of aromatic nitrogens is 3. The summed E-state index contributed by atoms with van der Waals surface area (Å²) in [6.07, 6.45) is 4.65. The van der Waals surface area contributed by atoms with Crippen molar-refractivity contribution in [1.29, 1.82) is 0 Å². The van der Waals surface area contributed by atoms with Crippen LogP contribution in [0.1, 0.15) is 63.0 Å². The van der Waals surface area contributed by atoms with Gasteiger partial charge in [0.1, 0.15) is 10.8 Å². The van der Waals surface area contributed by atoms with Crippen LogP contribution in [0, 0.1) is 6.92 Å². The van der Waals surface area contributed by atoms with E-state index < -0.39 is 11.9 Å². The third-order valence-electron chi connectivity index (χ3n) is 4.93. The molecule has 2 amide bonds. The van der Waals surface area contributed by atoms with E-state index >= 15 is 0 Å². The summed E-state index contributed by atoms with van der Waals surface area (Å²) in [5.74, 6) is -0.157. The van der Waals surface area contributed by atoms with E-state index in [4.69, 9.17) is 10.5 Å². The lowest BCUT2D eigenvalue weighted by Gasteiger charge is -2.09. The Hall–Kier alpha value is -2.40. The summed E-state index contributed by atoms with van der Waals surface area (Å²) in [4.78, 5) is 36.3. The van der Waals surface area contributed by atoms with Crippen molar-refractivity contribution in [2.45, 2.75) is 43.7 Å². The van der Waals surface area contributed by atoms with Gasteiger partial charge in [-0.15, -0.1) is 21.5 Å². The molecule has 11 heteroatoms.